The van der Waals surface area contributed by atoms with Crippen LogP contribution in [0, 0.1) is 23.0 Å². The summed E-state index contributed by atoms with van der Waals surface area (Å²) in [6.07, 6.45) is 0. The zero-order valence-corrected chi connectivity index (χ0v) is 9.93. The Morgan fingerprint density at radius 2 is 1.90 bits per heavy atom. The first-order chi connectivity index (χ1) is 9.51. The van der Waals surface area contributed by atoms with Gasteiger partial charge in [0, 0.05) is 6.07 Å². The predicted molar refractivity (Wildman–Crippen MR) is 64.5 cm³/mol. The van der Waals surface area contributed by atoms with E-state index in [1.165, 1.54) is 18.2 Å². The Morgan fingerprint density at radius 1 is 1.15 bits per heavy atom. The second-order valence-electron chi connectivity index (χ2n) is 3.81. The van der Waals surface area contributed by atoms with Gasteiger partial charge in [-0.05, 0) is 30.3 Å². The van der Waals surface area contributed by atoms with Crippen LogP contribution in [0.4, 0.5) is 8.78 Å². The van der Waals surface area contributed by atoms with E-state index in [1.54, 1.807) is 6.07 Å². The van der Waals surface area contributed by atoms with Crippen molar-refractivity contribution in [1.82, 2.24) is 0 Å². The zero-order chi connectivity index (χ0) is 14.7. The molecule has 0 saturated carbocycles. The molecule has 4 nitrogen and oxygen atoms in total. The number of ether oxygens (including phenoxy) is 1. The molecule has 0 amide bonds. The summed E-state index contributed by atoms with van der Waals surface area (Å²) in [5.41, 5.74) is -0.0891. The molecule has 6 heteroatoms. The summed E-state index contributed by atoms with van der Waals surface area (Å²) < 4.78 is 31.1. The van der Waals surface area contributed by atoms with Gasteiger partial charge in [-0.2, -0.15) is 5.26 Å². The van der Waals surface area contributed by atoms with Crippen molar-refractivity contribution in [2.75, 3.05) is 0 Å². The number of rotatable bonds is 3. The van der Waals surface area contributed by atoms with Crippen molar-refractivity contribution in [1.29, 1.82) is 5.26 Å². The van der Waals surface area contributed by atoms with Crippen LogP contribution in [0.1, 0.15) is 15.9 Å². The van der Waals surface area contributed by atoms with Crippen LogP contribution in [0.15, 0.2) is 36.4 Å². The molecule has 0 saturated heterocycles. The molecule has 20 heavy (non-hydrogen) atoms. The molecule has 2 rings (SSSR count). The van der Waals surface area contributed by atoms with Crippen molar-refractivity contribution < 1.29 is 23.4 Å². The van der Waals surface area contributed by atoms with Gasteiger partial charge in [0.15, 0.2) is 11.6 Å². The molecule has 0 aromatic heterocycles. The molecular formula is C14H7F2NO3. The van der Waals surface area contributed by atoms with Gasteiger partial charge in [-0.1, -0.05) is 0 Å². The highest BCUT2D eigenvalue weighted by atomic mass is 19.2. The van der Waals surface area contributed by atoms with E-state index in [9.17, 15) is 13.6 Å². The van der Waals surface area contributed by atoms with Crippen LogP contribution < -0.4 is 4.74 Å². The lowest BCUT2D eigenvalue weighted by atomic mass is 10.1. The first kappa shape index (κ1) is 13.5. The predicted octanol–water partition coefficient (Wildman–Crippen LogP) is 3.33. The highest BCUT2D eigenvalue weighted by Crippen LogP contribution is 2.27. The zero-order valence-electron chi connectivity index (χ0n) is 9.93. The molecule has 0 spiro atoms. The number of hydrogen-bond donors (Lipinski definition) is 1. The number of halogens is 2. The Labute approximate surface area is 112 Å². The first-order valence-electron chi connectivity index (χ1n) is 5.41. The lowest BCUT2D eigenvalue weighted by Gasteiger charge is -2.08. The fourth-order valence-electron chi connectivity index (χ4n) is 1.51. The van der Waals surface area contributed by atoms with E-state index in [-0.39, 0.29) is 22.6 Å². The summed E-state index contributed by atoms with van der Waals surface area (Å²) in [6.45, 7) is 0. The normalized spacial score (nSPS) is 9.85. The van der Waals surface area contributed by atoms with Crippen LogP contribution in [-0.4, -0.2) is 11.1 Å². The SMILES string of the molecule is N#Cc1cc(C(=O)O)ccc1Oc1ccc(F)c(F)c1. The first-order valence-corrected chi connectivity index (χ1v) is 5.41. The average molecular weight is 275 g/mol. The maximum absolute atomic E-state index is 13.0. The van der Waals surface area contributed by atoms with Crippen molar-refractivity contribution in [2.24, 2.45) is 0 Å². The third-order valence-corrected chi connectivity index (χ3v) is 2.47. The van der Waals surface area contributed by atoms with Gasteiger partial charge >= 0.3 is 5.97 Å². The van der Waals surface area contributed by atoms with Crippen LogP contribution >= 0.6 is 0 Å². The summed E-state index contributed by atoms with van der Waals surface area (Å²) in [5.74, 6) is -3.21. The number of benzene rings is 2. The Balaban J connectivity index is 2.36. The van der Waals surface area contributed by atoms with E-state index in [2.05, 4.69) is 0 Å². The van der Waals surface area contributed by atoms with Gasteiger partial charge in [0.2, 0.25) is 0 Å². The summed E-state index contributed by atoms with van der Waals surface area (Å²) in [7, 11) is 0. The third-order valence-electron chi connectivity index (χ3n) is 2.47. The number of carbonyl (C=O) groups is 1. The Kier molecular flexibility index (Phi) is 3.62. The summed E-state index contributed by atoms with van der Waals surface area (Å²) in [5, 5.41) is 17.8. The van der Waals surface area contributed by atoms with Gasteiger partial charge in [0.25, 0.3) is 0 Å². The number of hydrogen-bond acceptors (Lipinski definition) is 3. The number of carboxylic acid groups (broad SMARTS) is 1. The van der Waals surface area contributed by atoms with Gasteiger partial charge in [-0.3, -0.25) is 0 Å². The van der Waals surface area contributed by atoms with Gasteiger partial charge < -0.3 is 9.84 Å². The number of aromatic carboxylic acids is 1. The van der Waals surface area contributed by atoms with Crippen LogP contribution in [0.2, 0.25) is 0 Å². The largest absolute Gasteiger partial charge is 0.478 e. The molecule has 0 radical (unpaired) electrons. The molecule has 0 unspecified atom stereocenters. The minimum atomic E-state index is -1.18. The second kappa shape index (κ2) is 5.36. The Morgan fingerprint density at radius 3 is 2.50 bits per heavy atom. The second-order valence-corrected chi connectivity index (χ2v) is 3.81. The molecule has 0 aliphatic carbocycles. The van der Waals surface area contributed by atoms with E-state index in [4.69, 9.17) is 15.1 Å². The van der Waals surface area contributed by atoms with Crippen LogP contribution in [0.5, 0.6) is 11.5 Å². The van der Waals surface area contributed by atoms with Crippen LogP contribution in [-0.2, 0) is 0 Å². The summed E-state index contributed by atoms with van der Waals surface area (Å²) in [6, 6.07) is 8.37. The molecule has 1 N–H and O–H groups in total. The highest BCUT2D eigenvalue weighted by Gasteiger charge is 2.11. The third kappa shape index (κ3) is 2.72. The summed E-state index contributed by atoms with van der Waals surface area (Å²) >= 11 is 0. The minimum Gasteiger partial charge on any atom is -0.478 e. The molecule has 0 fully saturated rings. The van der Waals surface area contributed by atoms with Crippen molar-refractivity contribution in [3.8, 4) is 17.6 Å². The molecule has 0 bridgehead atoms. The van der Waals surface area contributed by atoms with Gasteiger partial charge in [0.1, 0.15) is 17.6 Å². The molecule has 2 aromatic rings. The molecule has 0 atom stereocenters. The lowest BCUT2D eigenvalue weighted by molar-refractivity contribution is 0.0697. The maximum atomic E-state index is 13.0. The van der Waals surface area contributed by atoms with Crippen LogP contribution in [0.3, 0.4) is 0 Å². The van der Waals surface area contributed by atoms with Crippen molar-refractivity contribution in [3.63, 3.8) is 0 Å². The monoisotopic (exact) mass is 275 g/mol. The van der Waals surface area contributed by atoms with E-state index in [1.807, 2.05) is 0 Å². The average Bonchev–Trinajstić information content (AvgIpc) is 2.43. The fourth-order valence-corrected chi connectivity index (χ4v) is 1.51. The quantitative estimate of drug-likeness (QED) is 0.932. The molecular weight excluding hydrogens is 268 g/mol. The Bertz CT molecular complexity index is 723. The van der Waals surface area contributed by atoms with E-state index in [0.29, 0.717) is 0 Å². The Hall–Kier alpha value is -2.94. The van der Waals surface area contributed by atoms with E-state index in [0.717, 1.165) is 18.2 Å². The lowest BCUT2D eigenvalue weighted by Crippen LogP contribution is -1.98. The molecule has 100 valence electrons. The molecule has 0 aliphatic heterocycles. The fraction of sp³-hybridized carbons (Fsp3) is 0. The van der Waals surface area contributed by atoms with Gasteiger partial charge in [0.05, 0.1) is 11.1 Å². The minimum absolute atomic E-state index is 0.00322. The summed E-state index contributed by atoms with van der Waals surface area (Å²) in [4.78, 5) is 10.8. The molecule has 2 aromatic carbocycles. The van der Waals surface area contributed by atoms with E-state index < -0.39 is 17.6 Å². The van der Waals surface area contributed by atoms with Gasteiger partial charge in [-0.15, -0.1) is 0 Å². The van der Waals surface area contributed by atoms with Crippen molar-refractivity contribution in [3.05, 3.63) is 59.2 Å². The van der Waals surface area contributed by atoms with Crippen LogP contribution in [0.25, 0.3) is 0 Å². The molecule has 0 aliphatic rings. The van der Waals surface area contributed by atoms with Crippen molar-refractivity contribution >= 4 is 5.97 Å². The van der Waals surface area contributed by atoms with Gasteiger partial charge in [-0.25, -0.2) is 13.6 Å². The molecule has 0 heterocycles. The number of carboxylic acids is 1. The maximum Gasteiger partial charge on any atom is 0.335 e. The number of nitrogens with zero attached hydrogens (tertiary/aromatic N) is 1. The standard InChI is InChI=1S/C14H7F2NO3/c15-11-3-2-10(6-12(11)16)20-13-4-1-8(14(18)19)5-9(13)7-17/h1-6H,(H,18,19). The van der Waals surface area contributed by atoms with E-state index >= 15 is 0 Å². The highest BCUT2D eigenvalue weighted by molar-refractivity contribution is 5.88. The number of nitriles is 1. The smallest absolute Gasteiger partial charge is 0.335 e. The van der Waals surface area contributed by atoms with Crippen molar-refractivity contribution in [2.45, 2.75) is 0 Å². The topological polar surface area (TPSA) is 70.3 Å².